The Hall–Kier alpha value is -2.76. The molecule has 0 aromatic heterocycles. The normalized spacial score (nSPS) is 14.7. The Morgan fingerprint density at radius 1 is 1.19 bits per heavy atom. The SMILES string of the molecule is COC(=O)/C=C/c1cccc(C2=CCN(C(=O)OC(C)(C)C)CC2)c1OC. The molecule has 0 spiro atoms. The van der Waals surface area contributed by atoms with Crippen LogP contribution in [0.1, 0.15) is 38.3 Å². The number of amides is 1. The van der Waals surface area contributed by atoms with Crippen molar-refractivity contribution >= 4 is 23.7 Å². The van der Waals surface area contributed by atoms with E-state index in [1.807, 2.05) is 45.0 Å². The first-order valence-corrected chi connectivity index (χ1v) is 8.85. The van der Waals surface area contributed by atoms with E-state index in [0.717, 1.165) is 16.7 Å². The lowest BCUT2D eigenvalue weighted by Crippen LogP contribution is -2.39. The highest BCUT2D eigenvalue weighted by atomic mass is 16.6. The van der Waals surface area contributed by atoms with Crippen LogP contribution in [0.15, 0.2) is 30.4 Å². The lowest BCUT2D eigenvalue weighted by molar-refractivity contribution is -0.134. The molecule has 0 atom stereocenters. The van der Waals surface area contributed by atoms with Crippen LogP contribution in [0.4, 0.5) is 4.79 Å². The van der Waals surface area contributed by atoms with Gasteiger partial charge in [0.2, 0.25) is 0 Å². The fourth-order valence-corrected chi connectivity index (χ4v) is 2.80. The van der Waals surface area contributed by atoms with Crippen molar-refractivity contribution in [2.24, 2.45) is 0 Å². The number of ether oxygens (including phenoxy) is 3. The molecule has 6 heteroatoms. The topological polar surface area (TPSA) is 65.1 Å². The lowest BCUT2D eigenvalue weighted by Gasteiger charge is -2.30. The lowest BCUT2D eigenvalue weighted by atomic mass is 9.96. The molecule has 0 saturated heterocycles. The van der Waals surface area contributed by atoms with E-state index in [0.29, 0.717) is 25.3 Å². The van der Waals surface area contributed by atoms with E-state index >= 15 is 0 Å². The van der Waals surface area contributed by atoms with Gasteiger partial charge in [0.1, 0.15) is 11.4 Å². The number of rotatable bonds is 4. The second kappa shape index (κ2) is 8.75. The molecule has 0 fully saturated rings. The van der Waals surface area contributed by atoms with Crippen molar-refractivity contribution in [1.82, 2.24) is 4.90 Å². The molecule has 146 valence electrons. The van der Waals surface area contributed by atoms with Gasteiger partial charge in [-0.2, -0.15) is 0 Å². The van der Waals surface area contributed by atoms with Crippen molar-refractivity contribution < 1.29 is 23.8 Å². The van der Waals surface area contributed by atoms with Crippen molar-refractivity contribution in [1.29, 1.82) is 0 Å². The fourth-order valence-electron chi connectivity index (χ4n) is 2.80. The quantitative estimate of drug-likeness (QED) is 0.591. The number of benzene rings is 1. The van der Waals surface area contributed by atoms with Gasteiger partial charge >= 0.3 is 12.1 Å². The first kappa shape index (κ1) is 20.6. The highest BCUT2D eigenvalue weighted by molar-refractivity contribution is 5.88. The molecule has 1 aromatic rings. The maximum atomic E-state index is 12.2. The Bertz CT molecular complexity index is 758. The predicted octanol–water partition coefficient (Wildman–Crippen LogP) is 3.91. The number of hydrogen-bond acceptors (Lipinski definition) is 5. The van der Waals surface area contributed by atoms with Crippen molar-refractivity contribution in [3.8, 4) is 5.75 Å². The zero-order valence-electron chi connectivity index (χ0n) is 16.6. The fraction of sp³-hybridized carbons (Fsp3) is 0.429. The molecule has 0 N–H and O–H groups in total. The van der Waals surface area contributed by atoms with Crippen molar-refractivity contribution in [2.75, 3.05) is 27.3 Å². The number of esters is 1. The minimum Gasteiger partial charge on any atom is -0.495 e. The predicted molar refractivity (Wildman–Crippen MR) is 104 cm³/mol. The third kappa shape index (κ3) is 5.61. The zero-order chi connectivity index (χ0) is 20.0. The molecule has 1 aliphatic rings. The number of para-hydroxylation sites is 1. The third-order valence-electron chi connectivity index (χ3n) is 4.06. The molecule has 6 nitrogen and oxygen atoms in total. The first-order chi connectivity index (χ1) is 12.7. The first-order valence-electron chi connectivity index (χ1n) is 8.85. The Morgan fingerprint density at radius 2 is 1.93 bits per heavy atom. The molecule has 0 aliphatic carbocycles. The Morgan fingerprint density at radius 3 is 2.48 bits per heavy atom. The molecule has 1 aliphatic heterocycles. The number of methoxy groups -OCH3 is 2. The van der Waals surface area contributed by atoms with Crippen molar-refractivity contribution in [3.05, 3.63) is 41.5 Å². The molecule has 0 unspecified atom stereocenters. The molecule has 0 radical (unpaired) electrons. The summed E-state index contributed by atoms with van der Waals surface area (Å²) in [4.78, 5) is 25.3. The van der Waals surface area contributed by atoms with Crippen LogP contribution in [-0.2, 0) is 14.3 Å². The van der Waals surface area contributed by atoms with Gasteiger partial charge in [-0.25, -0.2) is 9.59 Å². The molecule has 0 bridgehead atoms. The Labute approximate surface area is 160 Å². The second-order valence-electron chi connectivity index (χ2n) is 7.19. The summed E-state index contributed by atoms with van der Waals surface area (Å²) in [5.41, 5.74) is 2.33. The summed E-state index contributed by atoms with van der Waals surface area (Å²) < 4.78 is 15.6. The highest BCUT2D eigenvalue weighted by Crippen LogP contribution is 2.34. The van der Waals surface area contributed by atoms with E-state index in [1.165, 1.54) is 13.2 Å². The van der Waals surface area contributed by atoms with Crippen LogP contribution in [0, 0.1) is 0 Å². The summed E-state index contributed by atoms with van der Waals surface area (Å²) in [7, 11) is 2.94. The van der Waals surface area contributed by atoms with Gasteiger partial charge in [0.15, 0.2) is 0 Å². The molecular formula is C21H27NO5. The summed E-state index contributed by atoms with van der Waals surface area (Å²) in [6.07, 6.45) is 5.43. The van der Waals surface area contributed by atoms with Gasteiger partial charge in [-0.1, -0.05) is 24.3 Å². The average molecular weight is 373 g/mol. The van der Waals surface area contributed by atoms with E-state index in [-0.39, 0.29) is 6.09 Å². The molecule has 1 aromatic carbocycles. The Kier molecular flexibility index (Phi) is 6.66. The van der Waals surface area contributed by atoms with Crippen LogP contribution in [-0.4, -0.2) is 49.9 Å². The van der Waals surface area contributed by atoms with Gasteiger partial charge in [0.05, 0.1) is 14.2 Å². The Balaban J connectivity index is 2.20. The van der Waals surface area contributed by atoms with Crippen LogP contribution in [0.2, 0.25) is 0 Å². The van der Waals surface area contributed by atoms with Gasteiger partial charge in [0, 0.05) is 30.3 Å². The monoisotopic (exact) mass is 373 g/mol. The van der Waals surface area contributed by atoms with Gasteiger partial charge in [-0.05, 0) is 38.8 Å². The van der Waals surface area contributed by atoms with E-state index in [1.54, 1.807) is 18.1 Å². The van der Waals surface area contributed by atoms with E-state index in [9.17, 15) is 9.59 Å². The molecule has 27 heavy (non-hydrogen) atoms. The van der Waals surface area contributed by atoms with E-state index < -0.39 is 11.6 Å². The van der Waals surface area contributed by atoms with Crippen molar-refractivity contribution in [2.45, 2.75) is 32.8 Å². The summed E-state index contributed by atoms with van der Waals surface area (Å²) in [6, 6.07) is 5.76. The van der Waals surface area contributed by atoms with Crippen LogP contribution in [0.5, 0.6) is 5.75 Å². The molecular weight excluding hydrogens is 346 g/mol. The van der Waals surface area contributed by atoms with Crippen LogP contribution >= 0.6 is 0 Å². The van der Waals surface area contributed by atoms with Gasteiger partial charge in [-0.15, -0.1) is 0 Å². The summed E-state index contributed by atoms with van der Waals surface area (Å²) in [6.45, 7) is 6.62. The minimum atomic E-state index is -0.509. The smallest absolute Gasteiger partial charge is 0.410 e. The second-order valence-corrected chi connectivity index (χ2v) is 7.19. The van der Waals surface area contributed by atoms with Crippen LogP contribution in [0.25, 0.3) is 11.6 Å². The third-order valence-corrected chi connectivity index (χ3v) is 4.06. The van der Waals surface area contributed by atoms with E-state index in [2.05, 4.69) is 4.74 Å². The molecule has 1 heterocycles. The zero-order valence-corrected chi connectivity index (χ0v) is 16.6. The average Bonchev–Trinajstić information content (AvgIpc) is 2.64. The number of nitrogens with zero attached hydrogens (tertiary/aromatic N) is 1. The van der Waals surface area contributed by atoms with Crippen LogP contribution in [0.3, 0.4) is 0 Å². The molecule has 0 saturated carbocycles. The summed E-state index contributed by atoms with van der Waals surface area (Å²) in [5, 5.41) is 0. The molecule has 1 amide bonds. The standard InChI is InChI=1S/C21H27NO5/c1-21(2,3)27-20(24)22-13-11-15(12-14-22)17-8-6-7-16(19(17)26-5)9-10-18(23)25-4/h6-11H,12-14H2,1-5H3/b10-9+. The summed E-state index contributed by atoms with van der Waals surface area (Å²) >= 11 is 0. The summed E-state index contributed by atoms with van der Waals surface area (Å²) in [5.74, 6) is 0.266. The maximum absolute atomic E-state index is 12.2. The number of carbonyl (C=O) groups excluding carboxylic acids is 2. The van der Waals surface area contributed by atoms with Gasteiger partial charge < -0.3 is 19.1 Å². The van der Waals surface area contributed by atoms with Gasteiger partial charge in [-0.3, -0.25) is 0 Å². The van der Waals surface area contributed by atoms with Crippen LogP contribution < -0.4 is 4.74 Å². The minimum absolute atomic E-state index is 0.306. The number of hydrogen-bond donors (Lipinski definition) is 0. The largest absolute Gasteiger partial charge is 0.495 e. The number of carbonyl (C=O) groups is 2. The molecule has 2 rings (SSSR count). The maximum Gasteiger partial charge on any atom is 0.410 e. The van der Waals surface area contributed by atoms with E-state index in [4.69, 9.17) is 9.47 Å². The highest BCUT2D eigenvalue weighted by Gasteiger charge is 2.24. The van der Waals surface area contributed by atoms with Gasteiger partial charge in [0.25, 0.3) is 0 Å². The van der Waals surface area contributed by atoms with Crippen molar-refractivity contribution in [3.63, 3.8) is 0 Å².